The van der Waals surface area contributed by atoms with Crippen LogP contribution in [0.4, 0.5) is 5.82 Å². The maximum Gasteiger partial charge on any atom is 0.274 e. The molecule has 33 heavy (non-hydrogen) atoms. The van der Waals surface area contributed by atoms with Gasteiger partial charge in [-0.15, -0.1) is 0 Å². The predicted octanol–water partition coefficient (Wildman–Crippen LogP) is 1.55. The highest BCUT2D eigenvalue weighted by Gasteiger charge is 2.37. The van der Waals surface area contributed by atoms with Crippen LogP contribution in [-0.4, -0.2) is 89.4 Å². The fourth-order valence-electron chi connectivity index (χ4n) is 5.07. The molecular weight excluding hydrogens is 426 g/mol. The van der Waals surface area contributed by atoms with E-state index in [9.17, 15) is 19.6 Å². The largest absolute Gasteiger partial charge is 0.378 e. The molecule has 0 unspecified atom stereocenters. The van der Waals surface area contributed by atoms with Crippen molar-refractivity contribution in [3.05, 3.63) is 23.9 Å². The summed E-state index contributed by atoms with van der Waals surface area (Å²) >= 11 is 0. The fourth-order valence-corrected chi connectivity index (χ4v) is 5.07. The van der Waals surface area contributed by atoms with Crippen LogP contribution in [0.25, 0.3) is 0 Å². The molecule has 1 aromatic rings. The van der Waals surface area contributed by atoms with Gasteiger partial charge in [0.05, 0.1) is 31.2 Å². The number of morpholine rings is 1. The van der Waals surface area contributed by atoms with Gasteiger partial charge in [0.25, 0.3) is 5.91 Å². The van der Waals surface area contributed by atoms with Crippen molar-refractivity contribution in [3.63, 3.8) is 0 Å². The Morgan fingerprint density at radius 3 is 2.52 bits per heavy atom. The van der Waals surface area contributed by atoms with Gasteiger partial charge in [0, 0.05) is 32.4 Å². The smallest absolute Gasteiger partial charge is 0.274 e. The van der Waals surface area contributed by atoms with Crippen LogP contribution >= 0.6 is 0 Å². The quantitative estimate of drug-likeness (QED) is 0.357. The molecule has 3 heterocycles. The molecule has 0 radical (unpaired) electrons. The highest BCUT2D eigenvalue weighted by molar-refractivity contribution is 5.95. The molecule has 3 aliphatic rings. The number of hydrogen-bond donors (Lipinski definition) is 1. The second-order valence-electron chi connectivity index (χ2n) is 9.06. The molecule has 0 spiro atoms. The SMILES string of the molecule is O=CN(O)C[C@@H](CC1CCCC1)C(=O)N1CCCN1C(=O)c1ccc(N2CCOCC2)nc1. The Morgan fingerprint density at radius 2 is 1.85 bits per heavy atom. The molecule has 1 N–H and O–H groups in total. The third kappa shape index (κ3) is 5.62. The van der Waals surface area contributed by atoms with Crippen molar-refractivity contribution in [2.24, 2.45) is 11.8 Å². The Labute approximate surface area is 194 Å². The Bertz CT molecular complexity index is 823. The molecule has 1 aromatic heterocycles. The number of carbonyl (C=O) groups excluding carboxylic acids is 3. The van der Waals surface area contributed by atoms with Crippen molar-refractivity contribution >= 4 is 24.0 Å². The number of aromatic nitrogens is 1. The highest BCUT2D eigenvalue weighted by Crippen LogP contribution is 2.32. The minimum Gasteiger partial charge on any atom is -0.378 e. The summed E-state index contributed by atoms with van der Waals surface area (Å²) in [6, 6.07) is 3.58. The molecule has 2 saturated heterocycles. The third-order valence-electron chi connectivity index (χ3n) is 6.82. The average molecular weight is 460 g/mol. The van der Waals surface area contributed by atoms with Crippen LogP contribution in [0.2, 0.25) is 0 Å². The Morgan fingerprint density at radius 1 is 1.12 bits per heavy atom. The molecule has 10 heteroatoms. The topological polar surface area (TPSA) is 107 Å². The number of nitrogens with zero attached hydrogens (tertiary/aromatic N) is 5. The summed E-state index contributed by atoms with van der Waals surface area (Å²) in [5.74, 6) is 0.184. The van der Waals surface area contributed by atoms with E-state index in [1.165, 1.54) is 10.0 Å². The zero-order valence-corrected chi connectivity index (χ0v) is 19.0. The van der Waals surface area contributed by atoms with E-state index in [1.807, 2.05) is 6.07 Å². The van der Waals surface area contributed by atoms with E-state index in [0.717, 1.165) is 44.6 Å². The summed E-state index contributed by atoms with van der Waals surface area (Å²) in [5.41, 5.74) is 0.427. The lowest BCUT2D eigenvalue weighted by atomic mass is 9.92. The van der Waals surface area contributed by atoms with Crippen LogP contribution in [0.15, 0.2) is 18.3 Å². The number of ether oxygens (including phenoxy) is 1. The minimum absolute atomic E-state index is 0.0623. The zero-order valence-electron chi connectivity index (χ0n) is 19.0. The van der Waals surface area contributed by atoms with E-state index < -0.39 is 5.92 Å². The van der Waals surface area contributed by atoms with Crippen molar-refractivity contribution in [1.29, 1.82) is 0 Å². The van der Waals surface area contributed by atoms with Gasteiger partial charge >= 0.3 is 0 Å². The molecule has 1 aliphatic carbocycles. The Balaban J connectivity index is 1.44. The van der Waals surface area contributed by atoms with Crippen molar-refractivity contribution in [2.45, 2.75) is 38.5 Å². The highest BCUT2D eigenvalue weighted by atomic mass is 16.5. The summed E-state index contributed by atoms with van der Waals surface area (Å²) < 4.78 is 5.37. The van der Waals surface area contributed by atoms with E-state index in [0.29, 0.717) is 62.1 Å². The van der Waals surface area contributed by atoms with Gasteiger partial charge in [-0.2, -0.15) is 0 Å². The van der Waals surface area contributed by atoms with Crippen LogP contribution in [0.3, 0.4) is 0 Å². The summed E-state index contributed by atoms with van der Waals surface area (Å²) in [4.78, 5) is 44.2. The van der Waals surface area contributed by atoms with Crippen molar-refractivity contribution in [1.82, 2.24) is 20.1 Å². The zero-order chi connectivity index (χ0) is 23.2. The first-order valence-electron chi connectivity index (χ1n) is 11.9. The molecule has 180 valence electrons. The van der Waals surface area contributed by atoms with Crippen LogP contribution < -0.4 is 4.90 Å². The normalized spacial score (nSPS) is 20.2. The molecule has 3 amide bonds. The van der Waals surface area contributed by atoms with Gasteiger partial charge in [0.2, 0.25) is 12.3 Å². The summed E-state index contributed by atoms with van der Waals surface area (Å²) in [5, 5.41) is 13.3. The van der Waals surface area contributed by atoms with E-state index in [2.05, 4.69) is 9.88 Å². The number of hydrazine groups is 1. The maximum absolute atomic E-state index is 13.4. The summed E-state index contributed by atoms with van der Waals surface area (Å²) in [7, 11) is 0. The standard InChI is InChI=1S/C23H33N5O5/c29-17-26(32)16-20(14-18-4-1-2-5-18)23(31)28-9-3-8-27(28)22(30)19-6-7-21(24-15-19)25-10-12-33-13-11-25/h6-7,15,17-18,20,32H,1-5,8-14,16H2/t20-/m1/s1. The van der Waals surface area contributed by atoms with Crippen LogP contribution in [0, 0.1) is 11.8 Å². The number of anilines is 1. The van der Waals surface area contributed by atoms with E-state index in [4.69, 9.17) is 4.74 Å². The van der Waals surface area contributed by atoms with E-state index >= 15 is 0 Å². The van der Waals surface area contributed by atoms with Gasteiger partial charge in [-0.05, 0) is 30.9 Å². The Kier molecular flexibility index (Phi) is 7.77. The number of amides is 3. The predicted molar refractivity (Wildman–Crippen MR) is 119 cm³/mol. The Hall–Kier alpha value is -2.72. The second kappa shape index (κ2) is 10.9. The number of hydroxylamine groups is 2. The first kappa shape index (κ1) is 23.4. The van der Waals surface area contributed by atoms with Gasteiger partial charge in [-0.1, -0.05) is 25.7 Å². The molecule has 3 fully saturated rings. The second-order valence-corrected chi connectivity index (χ2v) is 9.06. The van der Waals surface area contributed by atoms with E-state index in [1.54, 1.807) is 12.3 Å². The van der Waals surface area contributed by atoms with Crippen LogP contribution in [0.1, 0.15) is 48.9 Å². The summed E-state index contributed by atoms with van der Waals surface area (Å²) in [6.07, 6.45) is 7.57. The molecule has 0 bridgehead atoms. The molecule has 10 nitrogen and oxygen atoms in total. The average Bonchev–Trinajstić information content (AvgIpc) is 3.55. The number of pyridine rings is 1. The minimum atomic E-state index is -0.543. The van der Waals surface area contributed by atoms with Gasteiger partial charge in [-0.3, -0.25) is 24.6 Å². The fraction of sp³-hybridized carbons (Fsp3) is 0.652. The maximum atomic E-state index is 13.4. The first-order valence-corrected chi connectivity index (χ1v) is 11.9. The molecule has 0 aromatic carbocycles. The van der Waals surface area contributed by atoms with Crippen LogP contribution in [0.5, 0.6) is 0 Å². The molecule has 1 saturated carbocycles. The van der Waals surface area contributed by atoms with Gasteiger partial charge < -0.3 is 9.64 Å². The van der Waals surface area contributed by atoms with Crippen molar-refractivity contribution < 1.29 is 24.3 Å². The number of rotatable bonds is 8. The van der Waals surface area contributed by atoms with Gasteiger partial charge in [-0.25, -0.2) is 15.1 Å². The number of hydrogen-bond acceptors (Lipinski definition) is 7. The lowest BCUT2D eigenvalue weighted by Gasteiger charge is -2.32. The van der Waals surface area contributed by atoms with Crippen LogP contribution in [-0.2, 0) is 14.3 Å². The van der Waals surface area contributed by atoms with Gasteiger partial charge in [0.1, 0.15) is 5.82 Å². The van der Waals surface area contributed by atoms with Gasteiger partial charge in [0.15, 0.2) is 0 Å². The molecule has 2 aliphatic heterocycles. The summed E-state index contributed by atoms with van der Waals surface area (Å²) in [6.45, 7) is 3.67. The lowest BCUT2D eigenvalue weighted by Crippen LogP contribution is -2.49. The number of carbonyl (C=O) groups is 3. The first-order chi connectivity index (χ1) is 16.1. The van der Waals surface area contributed by atoms with Crippen molar-refractivity contribution in [3.8, 4) is 0 Å². The molecule has 1 atom stereocenters. The van der Waals surface area contributed by atoms with E-state index in [-0.39, 0.29) is 18.4 Å². The lowest BCUT2D eigenvalue weighted by molar-refractivity contribution is -0.160. The van der Waals surface area contributed by atoms with Crippen molar-refractivity contribution in [2.75, 3.05) is 50.8 Å². The molecule has 4 rings (SSSR count). The third-order valence-corrected chi connectivity index (χ3v) is 6.82. The molecular formula is C23H33N5O5. The monoisotopic (exact) mass is 459 g/mol.